The van der Waals surface area contributed by atoms with Gasteiger partial charge in [-0.15, -0.1) is 0 Å². The predicted molar refractivity (Wildman–Crippen MR) is 140 cm³/mol. The summed E-state index contributed by atoms with van der Waals surface area (Å²) in [5.74, 6) is 0.175. The molecule has 34 heavy (non-hydrogen) atoms. The van der Waals surface area contributed by atoms with Gasteiger partial charge < -0.3 is 14.5 Å². The van der Waals surface area contributed by atoms with E-state index in [1.165, 1.54) is 6.33 Å². The zero-order chi connectivity index (χ0) is 25.0. The molecule has 3 aromatic rings. The summed E-state index contributed by atoms with van der Waals surface area (Å²) >= 11 is 2.08. The van der Waals surface area contributed by atoms with Gasteiger partial charge in [0.15, 0.2) is 11.5 Å². The third kappa shape index (κ3) is 6.29. The quantitative estimate of drug-likeness (QED) is 0.351. The second-order valence-electron chi connectivity index (χ2n) is 8.83. The molecule has 10 nitrogen and oxygen atoms in total. The van der Waals surface area contributed by atoms with Crippen molar-refractivity contribution in [1.82, 2.24) is 24.6 Å². The smallest absolute Gasteiger partial charge is 0.413 e. The number of aromatic nitrogens is 4. The van der Waals surface area contributed by atoms with Crippen LogP contribution in [0.3, 0.4) is 0 Å². The third-order valence-corrected chi connectivity index (χ3v) is 5.32. The van der Waals surface area contributed by atoms with Crippen LogP contribution >= 0.6 is 22.6 Å². The van der Waals surface area contributed by atoms with Crippen molar-refractivity contribution >= 4 is 57.1 Å². The highest BCUT2D eigenvalue weighted by Crippen LogP contribution is 2.28. The Hall–Kier alpha value is -3.06. The number of nitrogens with zero attached hydrogens (tertiary/aromatic N) is 6. The SMILES string of the molecule is CN(C)CC=CC(=O)N(C)c1cccc(-n2nc(I)c3c(NC(=O)OC(C)(C)C)ncnc32)c1. The number of anilines is 2. The number of benzene rings is 1. The van der Waals surface area contributed by atoms with Crippen molar-refractivity contribution in [3.05, 3.63) is 46.4 Å². The first kappa shape index (κ1) is 25.6. The molecule has 0 aliphatic heterocycles. The van der Waals surface area contributed by atoms with Gasteiger partial charge in [-0.1, -0.05) is 12.1 Å². The van der Waals surface area contributed by atoms with Crippen LogP contribution in [-0.4, -0.2) is 69.9 Å². The van der Waals surface area contributed by atoms with Gasteiger partial charge in [0.1, 0.15) is 15.6 Å². The van der Waals surface area contributed by atoms with Gasteiger partial charge in [0.25, 0.3) is 0 Å². The van der Waals surface area contributed by atoms with E-state index in [9.17, 15) is 9.59 Å². The van der Waals surface area contributed by atoms with E-state index in [-0.39, 0.29) is 5.91 Å². The second kappa shape index (κ2) is 10.5. The molecule has 2 heterocycles. The molecule has 0 spiro atoms. The van der Waals surface area contributed by atoms with Crippen LogP contribution in [0.2, 0.25) is 0 Å². The van der Waals surface area contributed by atoms with Crippen molar-refractivity contribution in [2.45, 2.75) is 26.4 Å². The number of nitrogens with one attached hydrogen (secondary N) is 1. The third-order valence-electron chi connectivity index (χ3n) is 4.56. The van der Waals surface area contributed by atoms with Gasteiger partial charge in [-0.05, 0) is 75.7 Å². The van der Waals surface area contributed by atoms with Crippen molar-refractivity contribution < 1.29 is 14.3 Å². The summed E-state index contributed by atoms with van der Waals surface area (Å²) < 4.78 is 7.61. The number of hydrogen-bond donors (Lipinski definition) is 1. The van der Waals surface area contributed by atoms with Crippen molar-refractivity contribution in [2.24, 2.45) is 0 Å². The summed E-state index contributed by atoms with van der Waals surface area (Å²) in [6.45, 7) is 6.04. The van der Waals surface area contributed by atoms with E-state index in [1.807, 2.05) is 49.3 Å². The Labute approximate surface area is 212 Å². The molecule has 0 atom stereocenters. The monoisotopic (exact) mass is 577 g/mol. The molecule has 1 N–H and O–H groups in total. The maximum Gasteiger partial charge on any atom is 0.413 e. The van der Waals surface area contributed by atoms with Gasteiger partial charge in [0.2, 0.25) is 5.91 Å². The molecule has 0 aliphatic carbocycles. The fraction of sp³-hybridized carbons (Fsp3) is 0.348. The molecule has 2 aromatic heterocycles. The molecule has 180 valence electrons. The highest BCUT2D eigenvalue weighted by Gasteiger charge is 2.21. The fourth-order valence-electron chi connectivity index (χ4n) is 3.02. The van der Waals surface area contributed by atoms with E-state index in [2.05, 4.69) is 43.0 Å². The van der Waals surface area contributed by atoms with E-state index in [0.29, 0.717) is 38.5 Å². The summed E-state index contributed by atoms with van der Waals surface area (Å²) in [7, 11) is 5.60. The molecule has 0 radical (unpaired) electrons. The average molecular weight is 577 g/mol. The van der Waals surface area contributed by atoms with Crippen LogP contribution in [0.4, 0.5) is 16.3 Å². The molecular weight excluding hydrogens is 549 g/mol. The highest BCUT2D eigenvalue weighted by molar-refractivity contribution is 14.1. The van der Waals surface area contributed by atoms with Gasteiger partial charge in [-0.25, -0.2) is 19.4 Å². The second-order valence-corrected chi connectivity index (χ2v) is 9.85. The standard InChI is InChI=1S/C23H28IN7O3/c1-23(2,3)34-22(33)27-20-18-19(24)28-31(21(18)26-14-25-20)16-10-7-9-15(13-16)30(6)17(32)11-8-12-29(4)5/h7-11,13-14H,12H2,1-6H3,(H,25,26,27,33). The van der Waals surface area contributed by atoms with Crippen LogP contribution in [0, 0.1) is 3.70 Å². The normalized spacial score (nSPS) is 11.9. The molecule has 0 saturated heterocycles. The summed E-state index contributed by atoms with van der Waals surface area (Å²) in [6.07, 6.45) is 4.13. The molecule has 3 rings (SSSR count). The number of carbonyl (C=O) groups excluding carboxylic acids is 2. The van der Waals surface area contributed by atoms with Gasteiger partial charge in [0.05, 0.1) is 11.1 Å². The fourth-order valence-corrected chi connectivity index (χ4v) is 3.74. The van der Waals surface area contributed by atoms with Crippen molar-refractivity contribution in [3.8, 4) is 5.69 Å². The van der Waals surface area contributed by atoms with Crippen LogP contribution in [0.5, 0.6) is 0 Å². The predicted octanol–water partition coefficient (Wildman–Crippen LogP) is 3.85. The van der Waals surface area contributed by atoms with Gasteiger partial charge in [-0.2, -0.15) is 5.10 Å². The maximum absolute atomic E-state index is 12.6. The minimum atomic E-state index is -0.640. The number of carbonyl (C=O) groups is 2. The van der Waals surface area contributed by atoms with Crippen LogP contribution in [0.25, 0.3) is 16.7 Å². The zero-order valence-corrected chi connectivity index (χ0v) is 22.2. The van der Waals surface area contributed by atoms with Gasteiger partial charge in [-0.3, -0.25) is 10.1 Å². The van der Waals surface area contributed by atoms with Gasteiger partial charge >= 0.3 is 6.09 Å². The molecule has 11 heteroatoms. The van der Waals surface area contributed by atoms with E-state index >= 15 is 0 Å². The lowest BCUT2D eigenvalue weighted by Crippen LogP contribution is -2.27. The minimum absolute atomic E-state index is 0.134. The lowest BCUT2D eigenvalue weighted by atomic mass is 10.2. The van der Waals surface area contributed by atoms with E-state index in [4.69, 9.17) is 4.74 Å². The Bertz CT molecular complexity index is 1230. The number of hydrogen-bond acceptors (Lipinski definition) is 7. The first-order valence-corrected chi connectivity index (χ1v) is 11.6. The molecule has 1 aromatic carbocycles. The van der Waals surface area contributed by atoms with Crippen LogP contribution in [0.15, 0.2) is 42.7 Å². The number of ether oxygens (including phenoxy) is 1. The summed E-state index contributed by atoms with van der Waals surface area (Å²) in [6, 6.07) is 7.42. The first-order valence-electron chi connectivity index (χ1n) is 10.5. The number of rotatable bonds is 6. The Morgan fingerprint density at radius 2 is 1.94 bits per heavy atom. The van der Waals surface area contributed by atoms with E-state index < -0.39 is 11.7 Å². The molecule has 0 fully saturated rings. The van der Waals surface area contributed by atoms with E-state index in [0.717, 1.165) is 0 Å². The average Bonchev–Trinajstić information content (AvgIpc) is 3.09. The maximum atomic E-state index is 12.6. The molecule has 0 saturated carbocycles. The van der Waals surface area contributed by atoms with Crippen LogP contribution in [-0.2, 0) is 9.53 Å². The van der Waals surface area contributed by atoms with Crippen LogP contribution in [0.1, 0.15) is 20.8 Å². The summed E-state index contributed by atoms with van der Waals surface area (Å²) in [5, 5.41) is 7.88. The topological polar surface area (TPSA) is 105 Å². The van der Waals surface area contributed by atoms with Crippen molar-refractivity contribution in [2.75, 3.05) is 37.9 Å². The number of likely N-dealkylation sites (N-methyl/N-ethyl adjacent to an activating group) is 2. The molecule has 0 unspecified atom stereocenters. The number of halogens is 1. The van der Waals surface area contributed by atoms with Crippen LogP contribution < -0.4 is 10.2 Å². The molecule has 0 aliphatic rings. The first-order chi connectivity index (χ1) is 16.0. The Morgan fingerprint density at radius 3 is 2.62 bits per heavy atom. The minimum Gasteiger partial charge on any atom is -0.444 e. The van der Waals surface area contributed by atoms with Crippen molar-refractivity contribution in [1.29, 1.82) is 0 Å². The molecule has 0 bridgehead atoms. The number of amides is 2. The van der Waals surface area contributed by atoms with Crippen molar-refractivity contribution in [3.63, 3.8) is 0 Å². The Kier molecular flexibility index (Phi) is 7.87. The summed E-state index contributed by atoms with van der Waals surface area (Å²) in [5.41, 5.74) is 1.29. The lowest BCUT2D eigenvalue weighted by Gasteiger charge is -2.19. The van der Waals surface area contributed by atoms with Gasteiger partial charge in [0, 0.05) is 25.4 Å². The highest BCUT2D eigenvalue weighted by atomic mass is 127. The lowest BCUT2D eigenvalue weighted by molar-refractivity contribution is -0.113. The Morgan fingerprint density at radius 1 is 1.21 bits per heavy atom. The van der Waals surface area contributed by atoms with E-state index in [1.54, 1.807) is 43.5 Å². The number of fused-ring (bicyclic) bond motifs is 1. The molecule has 2 amide bonds. The summed E-state index contributed by atoms with van der Waals surface area (Å²) in [4.78, 5) is 37.0. The Balaban J connectivity index is 1.92. The largest absolute Gasteiger partial charge is 0.444 e. The molecular formula is C23H28IN7O3. The zero-order valence-electron chi connectivity index (χ0n) is 20.0.